The third-order valence-corrected chi connectivity index (χ3v) is 4.99. The summed E-state index contributed by atoms with van der Waals surface area (Å²) in [6.07, 6.45) is 4.60. The Labute approximate surface area is 123 Å². The van der Waals surface area contributed by atoms with Crippen molar-refractivity contribution in [2.24, 2.45) is 5.92 Å². The Balaban J connectivity index is 1.89. The first-order chi connectivity index (χ1) is 9.15. The third-order valence-electron chi connectivity index (χ3n) is 3.96. The smallest absolute Gasteiger partial charge is 0.0900 e. The predicted molar refractivity (Wildman–Crippen MR) is 78.0 cm³/mol. The summed E-state index contributed by atoms with van der Waals surface area (Å²) in [4.78, 5) is 0. The van der Waals surface area contributed by atoms with Crippen LogP contribution in [-0.2, 0) is 17.9 Å². The second-order valence-electron chi connectivity index (χ2n) is 5.30. The Kier molecular flexibility index (Phi) is 5.42. The van der Waals surface area contributed by atoms with E-state index in [9.17, 15) is 0 Å². The van der Waals surface area contributed by atoms with Crippen molar-refractivity contribution in [1.82, 2.24) is 9.78 Å². The molecule has 108 valence electrons. The summed E-state index contributed by atoms with van der Waals surface area (Å²) in [5.74, 6) is 0.481. The van der Waals surface area contributed by atoms with E-state index in [1.54, 1.807) is 0 Å². The minimum atomic E-state index is 0.320. The number of aliphatic hydroxyl groups excluding tert-OH is 1. The molecular formula is C14H23BrN2O2. The van der Waals surface area contributed by atoms with Gasteiger partial charge in [-0.1, -0.05) is 0 Å². The van der Waals surface area contributed by atoms with E-state index in [1.165, 1.54) is 0 Å². The van der Waals surface area contributed by atoms with Crippen LogP contribution in [0, 0.1) is 12.8 Å². The fraction of sp³-hybridized carbons (Fsp3) is 0.786. The molecule has 1 heterocycles. The molecular weight excluding hydrogens is 308 g/mol. The van der Waals surface area contributed by atoms with Gasteiger partial charge < -0.3 is 9.84 Å². The fourth-order valence-electron chi connectivity index (χ4n) is 2.68. The van der Waals surface area contributed by atoms with Crippen molar-refractivity contribution in [1.29, 1.82) is 0 Å². The van der Waals surface area contributed by atoms with Crippen LogP contribution in [0.5, 0.6) is 0 Å². The van der Waals surface area contributed by atoms with E-state index in [0.29, 0.717) is 25.2 Å². The lowest BCUT2D eigenvalue weighted by atomic mass is 9.88. The topological polar surface area (TPSA) is 47.3 Å². The summed E-state index contributed by atoms with van der Waals surface area (Å²) >= 11 is 3.59. The molecule has 0 bridgehead atoms. The van der Waals surface area contributed by atoms with Gasteiger partial charge >= 0.3 is 0 Å². The average molecular weight is 331 g/mol. The second kappa shape index (κ2) is 6.86. The van der Waals surface area contributed by atoms with Gasteiger partial charge in [0.25, 0.3) is 0 Å². The van der Waals surface area contributed by atoms with Crippen molar-refractivity contribution in [3.8, 4) is 0 Å². The first-order valence-corrected chi connectivity index (χ1v) is 7.89. The molecule has 1 aromatic rings. The number of aromatic nitrogens is 2. The van der Waals surface area contributed by atoms with Gasteiger partial charge in [0.15, 0.2) is 0 Å². The third kappa shape index (κ3) is 3.58. The number of hydrogen-bond acceptors (Lipinski definition) is 3. The van der Waals surface area contributed by atoms with Crippen molar-refractivity contribution in [2.45, 2.75) is 58.8 Å². The van der Waals surface area contributed by atoms with Crippen molar-refractivity contribution in [2.75, 3.05) is 6.61 Å². The quantitative estimate of drug-likeness (QED) is 0.902. The van der Waals surface area contributed by atoms with E-state index < -0.39 is 0 Å². The number of rotatable bonds is 5. The van der Waals surface area contributed by atoms with Crippen molar-refractivity contribution < 1.29 is 9.84 Å². The van der Waals surface area contributed by atoms with Gasteiger partial charge in [-0.05, 0) is 61.4 Å². The van der Waals surface area contributed by atoms with Crippen LogP contribution < -0.4 is 0 Å². The molecule has 1 N–H and O–H groups in total. The fourth-order valence-corrected chi connectivity index (χ4v) is 3.08. The van der Waals surface area contributed by atoms with Gasteiger partial charge in [0.1, 0.15) is 0 Å². The van der Waals surface area contributed by atoms with E-state index in [2.05, 4.69) is 28.0 Å². The lowest BCUT2D eigenvalue weighted by Gasteiger charge is -2.27. The van der Waals surface area contributed by atoms with E-state index in [-0.39, 0.29) is 0 Å². The molecule has 4 nitrogen and oxygen atoms in total. The molecule has 0 aromatic carbocycles. The minimum absolute atomic E-state index is 0.320. The first-order valence-electron chi connectivity index (χ1n) is 7.09. The van der Waals surface area contributed by atoms with E-state index in [1.807, 2.05) is 11.6 Å². The lowest BCUT2D eigenvalue weighted by Crippen LogP contribution is -2.23. The molecule has 1 fully saturated rings. The summed E-state index contributed by atoms with van der Waals surface area (Å²) < 4.78 is 9.09. The van der Waals surface area contributed by atoms with Crippen LogP contribution in [0.1, 0.15) is 44.0 Å². The molecule has 1 aromatic heterocycles. The van der Waals surface area contributed by atoms with Crippen LogP contribution >= 0.6 is 15.9 Å². The Morgan fingerprint density at radius 3 is 2.63 bits per heavy atom. The normalized spacial score (nSPS) is 23.8. The number of nitrogens with zero attached hydrogens (tertiary/aromatic N) is 2. The van der Waals surface area contributed by atoms with Crippen molar-refractivity contribution in [3.05, 3.63) is 15.9 Å². The van der Waals surface area contributed by atoms with Gasteiger partial charge in [-0.3, -0.25) is 4.68 Å². The number of aliphatic hydroxyl groups is 1. The molecule has 1 aliphatic rings. The molecule has 0 atom stereocenters. The maximum Gasteiger partial charge on any atom is 0.0900 e. The molecule has 1 aliphatic carbocycles. The molecule has 19 heavy (non-hydrogen) atoms. The molecule has 1 saturated carbocycles. The zero-order valence-electron chi connectivity index (χ0n) is 11.7. The zero-order valence-corrected chi connectivity index (χ0v) is 13.3. The molecule has 0 spiro atoms. The second-order valence-corrected chi connectivity index (χ2v) is 6.09. The number of halogens is 1. The van der Waals surface area contributed by atoms with Gasteiger partial charge in [-0.15, -0.1) is 0 Å². The van der Waals surface area contributed by atoms with Gasteiger partial charge in [-0.25, -0.2) is 0 Å². The van der Waals surface area contributed by atoms with E-state index in [4.69, 9.17) is 9.84 Å². The van der Waals surface area contributed by atoms with Crippen LogP contribution in [0.15, 0.2) is 4.47 Å². The average Bonchev–Trinajstić information content (AvgIpc) is 2.72. The van der Waals surface area contributed by atoms with Gasteiger partial charge in [0, 0.05) is 13.2 Å². The Bertz CT molecular complexity index is 412. The van der Waals surface area contributed by atoms with Crippen molar-refractivity contribution in [3.63, 3.8) is 0 Å². The maximum absolute atomic E-state index is 9.13. The monoisotopic (exact) mass is 330 g/mol. The molecule has 0 radical (unpaired) electrons. The number of ether oxygens (including phenoxy) is 1. The highest BCUT2D eigenvalue weighted by Crippen LogP contribution is 2.28. The Hall–Kier alpha value is -0.390. The maximum atomic E-state index is 9.13. The van der Waals surface area contributed by atoms with Crippen LogP contribution in [0.3, 0.4) is 0 Å². The van der Waals surface area contributed by atoms with Gasteiger partial charge in [0.2, 0.25) is 0 Å². The molecule has 0 unspecified atom stereocenters. The van der Waals surface area contributed by atoms with Gasteiger partial charge in [-0.2, -0.15) is 5.10 Å². The first kappa shape index (κ1) is 15.0. The standard InChI is InChI=1S/C14H23BrN2O2/c1-3-17-13(14(15)10(2)16-17)9-19-12-6-4-11(8-18)5-7-12/h11-12,18H,3-9H2,1-2H3. The molecule has 2 rings (SSSR count). The summed E-state index contributed by atoms with van der Waals surface area (Å²) in [6.45, 7) is 5.90. The Morgan fingerprint density at radius 1 is 1.37 bits per heavy atom. The molecule has 0 saturated heterocycles. The highest BCUT2D eigenvalue weighted by atomic mass is 79.9. The predicted octanol–water partition coefficient (Wildman–Crippen LogP) is 3.04. The van der Waals surface area contributed by atoms with Crippen molar-refractivity contribution >= 4 is 15.9 Å². The highest BCUT2D eigenvalue weighted by Gasteiger charge is 2.22. The number of aryl methyl sites for hydroxylation is 2. The summed E-state index contributed by atoms with van der Waals surface area (Å²) in [5, 5.41) is 13.6. The van der Waals surface area contributed by atoms with Crippen LogP contribution in [0.2, 0.25) is 0 Å². The summed E-state index contributed by atoms with van der Waals surface area (Å²) in [7, 11) is 0. The largest absolute Gasteiger partial charge is 0.396 e. The van der Waals surface area contributed by atoms with E-state index >= 15 is 0 Å². The SMILES string of the molecule is CCn1nc(C)c(Br)c1COC1CCC(CO)CC1. The van der Waals surface area contributed by atoms with Gasteiger partial charge in [0.05, 0.1) is 28.6 Å². The van der Waals surface area contributed by atoms with Crippen LogP contribution in [-0.4, -0.2) is 27.6 Å². The van der Waals surface area contributed by atoms with Crippen LogP contribution in [0.25, 0.3) is 0 Å². The molecule has 0 amide bonds. The molecule has 0 aliphatic heterocycles. The summed E-state index contributed by atoms with van der Waals surface area (Å²) in [6, 6.07) is 0. The van der Waals surface area contributed by atoms with E-state index in [0.717, 1.165) is 48.1 Å². The summed E-state index contributed by atoms with van der Waals surface area (Å²) in [5.41, 5.74) is 2.15. The number of hydrogen-bond donors (Lipinski definition) is 1. The zero-order chi connectivity index (χ0) is 13.8. The minimum Gasteiger partial charge on any atom is -0.396 e. The lowest BCUT2D eigenvalue weighted by molar-refractivity contribution is -0.00177. The highest BCUT2D eigenvalue weighted by molar-refractivity contribution is 9.10. The van der Waals surface area contributed by atoms with Crippen LogP contribution in [0.4, 0.5) is 0 Å². The Morgan fingerprint density at radius 2 is 2.05 bits per heavy atom. The molecule has 5 heteroatoms.